The number of aromatic nitrogens is 4. The molecule has 144 valence electrons. The average molecular weight is 398 g/mol. The molecular formula is C18H18N6O3S. The van der Waals surface area contributed by atoms with E-state index in [1.165, 1.54) is 23.4 Å². The molecule has 2 aromatic carbocycles. The molecule has 0 fully saturated rings. The number of benzene rings is 2. The topological polar surface area (TPSA) is 111 Å². The van der Waals surface area contributed by atoms with Gasteiger partial charge in [0, 0.05) is 12.6 Å². The number of carbonyl (C=O) groups excluding carboxylic acids is 2. The Morgan fingerprint density at radius 2 is 1.86 bits per heavy atom. The van der Waals surface area contributed by atoms with Crippen LogP contribution < -0.4 is 15.4 Å². The van der Waals surface area contributed by atoms with E-state index in [2.05, 4.69) is 26.2 Å². The van der Waals surface area contributed by atoms with Crippen molar-refractivity contribution in [2.24, 2.45) is 0 Å². The molecule has 0 atom stereocenters. The van der Waals surface area contributed by atoms with Crippen LogP contribution in [0, 0.1) is 0 Å². The molecule has 9 nitrogen and oxygen atoms in total. The van der Waals surface area contributed by atoms with Crippen LogP contribution >= 0.6 is 11.8 Å². The Balaban J connectivity index is 1.64. The second-order valence-corrected chi connectivity index (χ2v) is 6.58. The minimum atomic E-state index is -0.204. The van der Waals surface area contributed by atoms with Crippen molar-refractivity contribution in [3.05, 3.63) is 48.5 Å². The maximum atomic E-state index is 12.3. The smallest absolute Gasteiger partial charge is 0.234 e. The van der Waals surface area contributed by atoms with Gasteiger partial charge in [-0.1, -0.05) is 23.9 Å². The van der Waals surface area contributed by atoms with Crippen molar-refractivity contribution in [2.75, 3.05) is 23.5 Å². The number of thioether (sulfide) groups is 1. The Morgan fingerprint density at radius 3 is 2.57 bits per heavy atom. The van der Waals surface area contributed by atoms with Gasteiger partial charge in [-0.15, -0.1) is 5.10 Å². The molecular weight excluding hydrogens is 380 g/mol. The molecule has 0 saturated carbocycles. The monoisotopic (exact) mass is 398 g/mol. The second kappa shape index (κ2) is 9.00. The SMILES string of the molecule is COc1ccccc1NC(=O)CSc1nnnn1-c1ccc(NC(C)=O)cc1. The maximum Gasteiger partial charge on any atom is 0.234 e. The molecule has 2 amide bonds. The van der Waals surface area contributed by atoms with Gasteiger partial charge in [0.1, 0.15) is 5.75 Å². The normalized spacial score (nSPS) is 10.4. The fourth-order valence-electron chi connectivity index (χ4n) is 2.38. The summed E-state index contributed by atoms with van der Waals surface area (Å²) in [5, 5.41) is 17.6. The van der Waals surface area contributed by atoms with E-state index in [1.807, 2.05) is 12.1 Å². The first kappa shape index (κ1) is 19.4. The Bertz CT molecular complexity index is 973. The molecule has 0 saturated heterocycles. The van der Waals surface area contributed by atoms with Crippen molar-refractivity contribution in [3.8, 4) is 11.4 Å². The van der Waals surface area contributed by atoms with E-state index in [1.54, 1.807) is 43.5 Å². The number of nitrogens with zero attached hydrogens (tertiary/aromatic N) is 4. The molecule has 28 heavy (non-hydrogen) atoms. The predicted octanol–water partition coefficient (Wildman–Crippen LogP) is 2.36. The first-order chi connectivity index (χ1) is 13.6. The summed E-state index contributed by atoms with van der Waals surface area (Å²) < 4.78 is 6.75. The zero-order chi connectivity index (χ0) is 19.9. The molecule has 1 heterocycles. The van der Waals surface area contributed by atoms with E-state index >= 15 is 0 Å². The van der Waals surface area contributed by atoms with Gasteiger partial charge in [-0.2, -0.15) is 4.68 Å². The minimum absolute atomic E-state index is 0.127. The van der Waals surface area contributed by atoms with Gasteiger partial charge in [0.05, 0.1) is 24.2 Å². The maximum absolute atomic E-state index is 12.3. The molecule has 0 aliphatic heterocycles. The van der Waals surface area contributed by atoms with Gasteiger partial charge in [-0.25, -0.2) is 0 Å². The summed E-state index contributed by atoms with van der Waals surface area (Å²) in [6.07, 6.45) is 0. The molecule has 0 unspecified atom stereocenters. The highest BCUT2D eigenvalue weighted by molar-refractivity contribution is 7.99. The molecule has 1 aromatic heterocycles. The number of carbonyl (C=O) groups is 2. The van der Waals surface area contributed by atoms with Gasteiger partial charge in [-0.05, 0) is 46.8 Å². The Kier molecular flexibility index (Phi) is 6.22. The van der Waals surface area contributed by atoms with Crippen molar-refractivity contribution in [1.82, 2.24) is 20.2 Å². The van der Waals surface area contributed by atoms with Crippen molar-refractivity contribution in [1.29, 1.82) is 0 Å². The van der Waals surface area contributed by atoms with Crippen molar-refractivity contribution < 1.29 is 14.3 Å². The molecule has 3 rings (SSSR count). The third-order valence-electron chi connectivity index (χ3n) is 3.59. The van der Waals surface area contributed by atoms with Gasteiger partial charge >= 0.3 is 0 Å². The summed E-state index contributed by atoms with van der Waals surface area (Å²) in [7, 11) is 1.55. The molecule has 2 N–H and O–H groups in total. The van der Waals surface area contributed by atoms with Crippen LogP contribution in [0.25, 0.3) is 5.69 Å². The number of hydrogen-bond donors (Lipinski definition) is 2. The second-order valence-electron chi connectivity index (χ2n) is 5.64. The summed E-state index contributed by atoms with van der Waals surface area (Å²) in [5.74, 6) is 0.366. The molecule has 0 aliphatic carbocycles. The zero-order valence-corrected chi connectivity index (χ0v) is 16.1. The average Bonchev–Trinajstić information content (AvgIpc) is 3.15. The molecule has 0 aliphatic rings. The van der Waals surface area contributed by atoms with Crippen LogP contribution in [0.1, 0.15) is 6.92 Å². The van der Waals surface area contributed by atoms with Crippen LogP contribution in [0.5, 0.6) is 5.75 Å². The van der Waals surface area contributed by atoms with Crippen molar-refractivity contribution in [2.45, 2.75) is 12.1 Å². The number of hydrogen-bond acceptors (Lipinski definition) is 7. The lowest BCUT2D eigenvalue weighted by atomic mass is 10.3. The number of nitrogens with one attached hydrogen (secondary N) is 2. The molecule has 0 spiro atoms. The summed E-state index contributed by atoms with van der Waals surface area (Å²) in [6.45, 7) is 1.44. The van der Waals surface area contributed by atoms with Gasteiger partial charge in [-0.3, -0.25) is 9.59 Å². The summed E-state index contributed by atoms with van der Waals surface area (Å²) in [5.41, 5.74) is 1.99. The Morgan fingerprint density at radius 1 is 1.11 bits per heavy atom. The van der Waals surface area contributed by atoms with E-state index in [0.29, 0.717) is 28.0 Å². The van der Waals surface area contributed by atoms with Crippen LogP contribution in [0.4, 0.5) is 11.4 Å². The fraction of sp³-hybridized carbons (Fsp3) is 0.167. The van der Waals surface area contributed by atoms with Crippen LogP contribution in [-0.2, 0) is 9.59 Å². The molecule has 0 bridgehead atoms. The molecule has 0 radical (unpaired) electrons. The quantitative estimate of drug-likeness (QED) is 0.588. The van der Waals surface area contributed by atoms with Gasteiger partial charge in [0.25, 0.3) is 0 Å². The number of ether oxygens (including phenoxy) is 1. The minimum Gasteiger partial charge on any atom is -0.495 e. The van der Waals surface area contributed by atoms with Crippen LogP contribution in [0.3, 0.4) is 0 Å². The molecule has 3 aromatic rings. The summed E-state index contributed by atoms with van der Waals surface area (Å²) >= 11 is 1.21. The predicted molar refractivity (Wildman–Crippen MR) is 106 cm³/mol. The number of para-hydroxylation sites is 2. The van der Waals surface area contributed by atoms with Gasteiger partial charge in [0.15, 0.2) is 0 Å². The lowest BCUT2D eigenvalue weighted by Gasteiger charge is -2.09. The molecule has 10 heteroatoms. The van der Waals surface area contributed by atoms with Crippen molar-refractivity contribution >= 4 is 35.0 Å². The number of rotatable bonds is 7. The number of tetrazole rings is 1. The lowest BCUT2D eigenvalue weighted by Crippen LogP contribution is -2.15. The highest BCUT2D eigenvalue weighted by atomic mass is 32.2. The van der Waals surface area contributed by atoms with E-state index in [4.69, 9.17) is 4.74 Å². The Hall–Kier alpha value is -3.40. The van der Waals surface area contributed by atoms with E-state index < -0.39 is 0 Å². The van der Waals surface area contributed by atoms with Crippen LogP contribution in [0.2, 0.25) is 0 Å². The Labute approximate surface area is 165 Å². The fourth-order valence-corrected chi connectivity index (χ4v) is 3.08. The number of amides is 2. The van der Waals surface area contributed by atoms with Crippen LogP contribution in [0.15, 0.2) is 53.7 Å². The third kappa shape index (κ3) is 4.86. The van der Waals surface area contributed by atoms with Gasteiger partial charge < -0.3 is 15.4 Å². The van der Waals surface area contributed by atoms with Gasteiger partial charge in [0.2, 0.25) is 17.0 Å². The highest BCUT2D eigenvalue weighted by Gasteiger charge is 2.13. The lowest BCUT2D eigenvalue weighted by molar-refractivity contribution is -0.114. The summed E-state index contributed by atoms with van der Waals surface area (Å²) in [6, 6.07) is 14.2. The van der Waals surface area contributed by atoms with E-state index in [-0.39, 0.29) is 17.6 Å². The number of anilines is 2. The van der Waals surface area contributed by atoms with Crippen molar-refractivity contribution in [3.63, 3.8) is 0 Å². The first-order valence-corrected chi connectivity index (χ1v) is 9.27. The largest absolute Gasteiger partial charge is 0.495 e. The summed E-state index contributed by atoms with van der Waals surface area (Å²) in [4.78, 5) is 23.4. The van der Waals surface area contributed by atoms with Crippen LogP contribution in [-0.4, -0.2) is 44.9 Å². The third-order valence-corrected chi connectivity index (χ3v) is 4.51. The first-order valence-electron chi connectivity index (χ1n) is 8.29. The standard InChI is InChI=1S/C18H18N6O3S/c1-12(25)19-13-7-9-14(10-8-13)24-18(21-22-23-24)28-11-17(26)20-15-5-3-4-6-16(15)27-2/h3-10H,11H2,1-2H3,(H,19,25)(H,20,26). The zero-order valence-electron chi connectivity index (χ0n) is 15.2. The van der Waals surface area contributed by atoms with E-state index in [0.717, 1.165) is 0 Å². The number of methoxy groups -OCH3 is 1. The van der Waals surface area contributed by atoms with E-state index in [9.17, 15) is 9.59 Å². The highest BCUT2D eigenvalue weighted by Crippen LogP contribution is 2.24.